The van der Waals surface area contributed by atoms with Crippen LogP contribution in [0.25, 0.3) is 0 Å². The fourth-order valence-electron chi connectivity index (χ4n) is 4.49. The van der Waals surface area contributed by atoms with E-state index in [2.05, 4.69) is 17.0 Å². The van der Waals surface area contributed by atoms with Crippen LogP contribution in [0.2, 0.25) is 0 Å². The van der Waals surface area contributed by atoms with Crippen molar-refractivity contribution in [2.75, 3.05) is 45.9 Å². The van der Waals surface area contributed by atoms with Gasteiger partial charge in [0, 0.05) is 45.8 Å². The lowest BCUT2D eigenvalue weighted by atomic mass is 10.2. The molecule has 2 aliphatic rings. The molecule has 8 nitrogen and oxygen atoms in total. The molecule has 2 aliphatic heterocycles. The number of halogens is 1. The number of rotatable bonds is 7. The minimum absolute atomic E-state index is 0. The molecule has 2 heterocycles. The summed E-state index contributed by atoms with van der Waals surface area (Å²) in [4.78, 5) is 29.1. The maximum atomic E-state index is 12.9. The smallest absolute Gasteiger partial charge is 0.338 e. The molecule has 2 aromatic rings. The lowest BCUT2D eigenvalue weighted by Crippen LogP contribution is -2.49. The Balaban J connectivity index is 0.00000361. The zero-order valence-electron chi connectivity index (χ0n) is 20.4. The van der Waals surface area contributed by atoms with Gasteiger partial charge in [-0.2, -0.15) is 4.31 Å². The second-order valence-corrected chi connectivity index (χ2v) is 11.0. The van der Waals surface area contributed by atoms with Gasteiger partial charge in [-0.3, -0.25) is 9.69 Å². The van der Waals surface area contributed by atoms with Gasteiger partial charge in [-0.1, -0.05) is 43.2 Å². The van der Waals surface area contributed by atoms with Crippen LogP contribution in [0.5, 0.6) is 0 Å². The second kappa shape index (κ2) is 13.2. The van der Waals surface area contributed by atoms with Crippen LogP contribution in [-0.2, 0) is 26.1 Å². The Bertz CT molecular complexity index is 1100. The molecule has 2 fully saturated rings. The summed E-state index contributed by atoms with van der Waals surface area (Å²) in [5.41, 5.74) is 1.46. The van der Waals surface area contributed by atoms with Gasteiger partial charge in [-0.15, -0.1) is 12.4 Å². The number of nitrogens with zero attached hydrogens (tertiary/aromatic N) is 3. The fourth-order valence-corrected chi connectivity index (χ4v) is 6.01. The van der Waals surface area contributed by atoms with Crippen LogP contribution < -0.4 is 0 Å². The summed E-state index contributed by atoms with van der Waals surface area (Å²) in [5.74, 6) is -0.863. The second-order valence-electron chi connectivity index (χ2n) is 9.06. The first-order chi connectivity index (χ1) is 16.9. The number of ether oxygens (including phenoxy) is 1. The van der Waals surface area contributed by atoms with Crippen molar-refractivity contribution in [2.45, 2.75) is 37.1 Å². The molecule has 0 aromatic heterocycles. The van der Waals surface area contributed by atoms with Gasteiger partial charge in [0.1, 0.15) is 0 Å². The van der Waals surface area contributed by atoms with Crippen LogP contribution in [-0.4, -0.2) is 80.3 Å². The summed E-state index contributed by atoms with van der Waals surface area (Å²) in [7, 11) is -3.58. The van der Waals surface area contributed by atoms with Crippen LogP contribution in [0.4, 0.5) is 0 Å². The molecule has 0 bridgehead atoms. The van der Waals surface area contributed by atoms with Gasteiger partial charge in [0.15, 0.2) is 6.61 Å². The summed E-state index contributed by atoms with van der Waals surface area (Å²) in [6.07, 6.45) is 3.80. The van der Waals surface area contributed by atoms with Crippen LogP contribution >= 0.6 is 12.4 Å². The molecular formula is C26H34ClN3O5S. The molecule has 0 aliphatic carbocycles. The van der Waals surface area contributed by atoms with Crippen molar-refractivity contribution in [1.82, 2.24) is 14.1 Å². The zero-order valence-corrected chi connectivity index (χ0v) is 22.0. The van der Waals surface area contributed by atoms with E-state index in [0.29, 0.717) is 26.2 Å². The molecule has 2 aromatic carbocycles. The number of carbonyl (C=O) groups is 2. The highest BCUT2D eigenvalue weighted by Crippen LogP contribution is 2.21. The molecule has 36 heavy (non-hydrogen) atoms. The highest BCUT2D eigenvalue weighted by Gasteiger charge is 2.26. The van der Waals surface area contributed by atoms with Crippen LogP contribution in [0.3, 0.4) is 0 Å². The first-order valence-corrected chi connectivity index (χ1v) is 13.7. The van der Waals surface area contributed by atoms with Gasteiger partial charge < -0.3 is 9.64 Å². The molecule has 0 unspecified atom stereocenters. The van der Waals surface area contributed by atoms with Crippen molar-refractivity contribution in [3.8, 4) is 0 Å². The zero-order chi connectivity index (χ0) is 24.7. The Labute approximate surface area is 219 Å². The normalized spacial score (nSPS) is 17.6. The van der Waals surface area contributed by atoms with Crippen molar-refractivity contribution in [2.24, 2.45) is 0 Å². The van der Waals surface area contributed by atoms with E-state index >= 15 is 0 Å². The Morgan fingerprint density at radius 3 is 2.00 bits per heavy atom. The number of hydrogen-bond acceptors (Lipinski definition) is 6. The third-order valence-corrected chi connectivity index (χ3v) is 8.51. The molecule has 0 atom stereocenters. The molecule has 0 saturated carbocycles. The first-order valence-electron chi connectivity index (χ1n) is 12.2. The predicted molar refractivity (Wildman–Crippen MR) is 139 cm³/mol. The third kappa shape index (κ3) is 7.29. The number of esters is 1. The van der Waals surface area contributed by atoms with Gasteiger partial charge in [0.2, 0.25) is 10.0 Å². The molecule has 10 heteroatoms. The van der Waals surface area contributed by atoms with Crippen LogP contribution in [0.1, 0.15) is 41.6 Å². The van der Waals surface area contributed by atoms with E-state index in [1.807, 2.05) is 18.2 Å². The standard InChI is InChI=1S/C26H33N3O5S.ClH/c30-25(28-18-16-27(17-19-28)20-22-8-4-3-5-9-22)21-34-26(31)23-10-12-24(13-11-23)35(32,33)29-14-6-1-2-7-15-29;/h3-5,8-13H,1-2,6-7,14-21H2;1H. The molecule has 4 rings (SSSR count). The number of carbonyl (C=O) groups excluding carboxylic acids is 2. The van der Waals surface area contributed by atoms with E-state index in [1.54, 1.807) is 4.90 Å². The Morgan fingerprint density at radius 1 is 0.778 bits per heavy atom. The third-order valence-electron chi connectivity index (χ3n) is 6.59. The largest absolute Gasteiger partial charge is 0.452 e. The van der Waals surface area contributed by atoms with Crippen LogP contribution in [0.15, 0.2) is 59.5 Å². The van der Waals surface area contributed by atoms with Crippen molar-refractivity contribution in [3.63, 3.8) is 0 Å². The summed E-state index contributed by atoms with van der Waals surface area (Å²) < 4.78 is 32.5. The summed E-state index contributed by atoms with van der Waals surface area (Å²) in [5, 5.41) is 0. The topological polar surface area (TPSA) is 87.2 Å². The number of hydrogen-bond donors (Lipinski definition) is 0. The molecular weight excluding hydrogens is 502 g/mol. The number of benzene rings is 2. The monoisotopic (exact) mass is 535 g/mol. The SMILES string of the molecule is Cl.O=C(OCC(=O)N1CCN(Cc2ccccc2)CC1)c1ccc(S(=O)(=O)N2CCCCCC2)cc1. The van der Waals surface area contributed by atoms with Gasteiger partial charge in [0.25, 0.3) is 5.91 Å². The number of amides is 1. The highest BCUT2D eigenvalue weighted by atomic mass is 35.5. The Kier molecular flexibility index (Phi) is 10.3. The summed E-state index contributed by atoms with van der Waals surface area (Å²) in [6, 6.07) is 16.0. The lowest BCUT2D eigenvalue weighted by molar-refractivity contribution is -0.136. The summed E-state index contributed by atoms with van der Waals surface area (Å²) in [6.45, 7) is 4.28. The average molecular weight is 536 g/mol. The maximum absolute atomic E-state index is 12.9. The minimum Gasteiger partial charge on any atom is -0.452 e. The minimum atomic E-state index is -3.58. The molecule has 0 radical (unpaired) electrons. The van der Waals surface area contributed by atoms with E-state index < -0.39 is 16.0 Å². The van der Waals surface area contributed by atoms with Crippen molar-refractivity contribution >= 4 is 34.3 Å². The number of sulfonamides is 1. The first kappa shape index (κ1) is 28.1. The van der Waals surface area contributed by atoms with E-state index in [0.717, 1.165) is 45.3 Å². The van der Waals surface area contributed by atoms with Gasteiger partial charge >= 0.3 is 5.97 Å². The maximum Gasteiger partial charge on any atom is 0.338 e. The lowest BCUT2D eigenvalue weighted by Gasteiger charge is -2.34. The molecule has 1 amide bonds. The summed E-state index contributed by atoms with van der Waals surface area (Å²) >= 11 is 0. The Morgan fingerprint density at radius 2 is 1.39 bits per heavy atom. The predicted octanol–water partition coefficient (Wildman–Crippen LogP) is 3.17. The average Bonchev–Trinajstić information content (AvgIpc) is 3.19. The van der Waals surface area contributed by atoms with Crippen molar-refractivity contribution in [3.05, 3.63) is 65.7 Å². The van der Waals surface area contributed by atoms with Gasteiger partial charge in [-0.25, -0.2) is 13.2 Å². The molecule has 0 N–H and O–H groups in total. The van der Waals surface area contributed by atoms with Gasteiger partial charge in [-0.05, 0) is 42.7 Å². The number of piperazine rings is 1. The van der Waals surface area contributed by atoms with E-state index in [9.17, 15) is 18.0 Å². The van der Waals surface area contributed by atoms with E-state index in [-0.39, 0.29) is 35.4 Å². The molecule has 0 spiro atoms. The fraction of sp³-hybridized carbons (Fsp3) is 0.462. The Hall–Kier alpha value is -2.46. The van der Waals surface area contributed by atoms with Crippen LogP contribution in [0, 0.1) is 0 Å². The van der Waals surface area contributed by atoms with Crippen molar-refractivity contribution < 1.29 is 22.7 Å². The highest BCUT2D eigenvalue weighted by molar-refractivity contribution is 7.89. The molecule has 196 valence electrons. The molecule has 2 saturated heterocycles. The van der Waals surface area contributed by atoms with E-state index in [1.165, 1.54) is 34.1 Å². The quantitative estimate of drug-likeness (QED) is 0.506. The van der Waals surface area contributed by atoms with Gasteiger partial charge in [0.05, 0.1) is 10.5 Å². The van der Waals surface area contributed by atoms with E-state index in [4.69, 9.17) is 4.74 Å². The van der Waals surface area contributed by atoms with Crippen molar-refractivity contribution in [1.29, 1.82) is 0 Å².